The number of aliphatic hydroxyl groups excluding tert-OH is 1. The monoisotopic (exact) mass is 250 g/mol. The van der Waals surface area contributed by atoms with Gasteiger partial charge in [0.1, 0.15) is 5.75 Å². The molecule has 0 radical (unpaired) electrons. The first-order valence-electron chi connectivity index (χ1n) is 4.86. The summed E-state index contributed by atoms with van der Waals surface area (Å²) in [5.41, 5.74) is 5.59. The van der Waals surface area contributed by atoms with E-state index in [4.69, 9.17) is 10.8 Å². The molecule has 96 valence electrons. The molecule has 1 rings (SSSR count). The van der Waals surface area contributed by atoms with Crippen molar-refractivity contribution in [3.05, 3.63) is 23.0 Å². The van der Waals surface area contributed by atoms with Crippen LogP contribution in [0.4, 0.5) is 13.2 Å². The highest BCUT2D eigenvalue weighted by Crippen LogP contribution is 2.35. The number of aromatic nitrogens is 1. The Morgan fingerprint density at radius 2 is 2.06 bits per heavy atom. The normalized spacial score (nSPS) is 13.8. The predicted octanol–water partition coefficient (Wildman–Crippen LogP) is 1.54. The minimum Gasteiger partial charge on any atom is -0.506 e. The van der Waals surface area contributed by atoms with E-state index in [1.165, 1.54) is 13.1 Å². The summed E-state index contributed by atoms with van der Waals surface area (Å²) in [5.74, 6) is -0.395. The van der Waals surface area contributed by atoms with Gasteiger partial charge in [0.25, 0.3) is 0 Å². The van der Waals surface area contributed by atoms with Gasteiger partial charge in [0, 0.05) is 23.4 Å². The van der Waals surface area contributed by atoms with Crippen LogP contribution in [0, 0.1) is 6.92 Å². The van der Waals surface area contributed by atoms with Crippen LogP contribution in [0.25, 0.3) is 0 Å². The van der Waals surface area contributed by atoms with Crippen molar-refractivity contribution in [1.29, 1.82) is 0 Å². The Morgan fingerprint density at radius 3 is 2.53 bits per heavy atom. The maximum Gasteiger partial charge on any atom is 0.390 e. The molecule has 0 fully saturated rings. The Balaban J connectivity index is 3.15. The molecule has 1 aromatic heterocycles. The number of hydrogen-bond donors (Lipinski definition) is 3. The number of aromatic hydroxyl groups is 1. The molecule has 0 aliphatic rings. The summed E-state index contributed by atoms with van der Waals surface area (Å²) in [5, 5.41) is 18.6. The van der Waals surface area contributed by atoms with Gasteiger partial charge in [0.2, 0.25) is 0 Å². The van der Waals surface area contributed by atoms with Gasteiger partial charge < -0.3 is 15.9 Å². The first kappa shape index (κ1) is 13.7. The Kier molecular flexibility index (Phi) is 3.94. The molecule has 0 spiro atoms. The summed E-state index contributed by atoms with van der Waals surface area (Å²) in [4.78, 5) is 3.74. The Bertz CT molecular complexity index is 407. The van der Waals surface area contributed by atoms with Crippen LogP contribution >= 0.6 is 0 Å². The number of aliphatic hydroxyl groups is 1. The first-order valence-corrected chi connectivity index (χ1v) is 4.86. The molecule has 4 nitrogen and oxygen atoms in total. The molecule has 0 aliphatic carbocycles. The molecule has 0 saturated carbocycles. The van der Waals surface area contributed by atoms with Gasteiger partial charge in [-0.2, -0.15) is 13.2 Å². The molecule has 17 heavy (non-hydrogen) atoms. The second-order valence-electron chi connectivity index (χ2n) is 3.72. The van der Waals surface area contributed by atoms with Crippen molar-refractivity contribution in [2.24, 2.45) is 5.73 Å². The van der Waals surface area contributed by atoms with E-state index in [9.17, 15) is 18.3 Å². The van der Waals surface area contributed by atoms with Crippen molar-refractivity contribution in [1.82, 2.24) is 4.98 Å². The van der Waals surface area contributed by atoms with Crippen molar-refractivity contribution in [2.75, 3.05) is 0 Å². The number of nitrogens with two attached hydrogens (primary N) is 1. The topological polar surface area (TPSA) is 79.4 Å². The zero-order valence-electron chi connectivity index (χ0n) is 9.12. The van der Waals surface area contributed by atoms with E-state index in [1.807, 2.05) is 0 Å². The predicted molar refractivity (Wildman–Crippen MR) is 54.2 cm³/mol. The molecule has 1 heterocycles. The molecule has 0 bridgehead atoms. The Morgan fingerprint density at radius 1 is 1.47 bits per heavy atom. The van der Waals surface area contributed by atoms with E-state index < -0.39 is 31.0 Å². The highest BCUT2D eigenvalue weighted by molar-refractivity contribution is 5.42. The first-order chi connectivity index (χ1) is 7.76. The maximum atomic E-state index is 12.2. The van der Waals surface area contributed by atoms with Gasteiger partial charge >= 0.3 is 6.18 Å². The summed E-state index contributed by atoms with van der Waals surface area (Å²) in [6.45, 7) is 0.919. The number of rotatable bonds is 3. The average Bonchev–Trinajstić information content (AvgIpc) is 2.19. The molecular weight excluding hydrogens is 237 g/mol. The molecule has 0 aliphatic heterocycles. The van der Waals surface area contributed by atoms with Crippen molar-refractivity contribution in [2.45, 2.75) is 32.2 Å². The summed E-state index contributed by atoms with van der Waals surface area (Å²) in [6.07, 6.45) is -4.49. The van der Waals surface area contributed by atoms with E-state index in [-0.39, 0.29) is 16.8 Å². The summed E-state index contributed by atoms with van der Waals surface area (Å²) >= 11 is 0. The molecule has 0 unspecified atom stereocenters. The van der Waals surface area contributed by atoms with Crippen LogP contribution in [-0.4, -0.2) is 21.4 Å². The minimum absolute atomic E-state index is 0.0997. The zero-order valence-corrected chi connectivity index (χ0v) is 9.12. The van der Waals surface area contributed by atoms with Gasteiger partial charge in [-0.1, -0.05) is 0 Å². The number of pyridine rings is 1. The second kappa shape index (κ2) is 4.89. The largest absolute Gasteiger partial charge is 0.506 e. The lowest BCUT2D eigenvalue weighted by atomic mass is 9.98. The highest BCUT2D eigenvalue weighted by Gasteiger charge is 2.33. The third kappa shape index (κ3) is 3.31. The van der Waals surface area contributed by atoms with Crippen LogP contribution in [0.15, 0.2) is 6.20 Å². The van der Waals surface area contributed by atoms with Crippen molar-refractivity contribution in [3.8, 4) is 5.75 Å². The fraction of sp³-hybridized carbons (Fsp3) is 0.500. The van der Waals surface area contributed by atoms with Crippen molar-refractivity contribution in [3.63, 3.8) is 0 Å². The van der Waals surface area contributed by atoms with E-state index in [0.29, 0.717) is 0 Å². The average molecular weight is 250 g/mol. The number of nitrogens with zero attached hydrogens (tertiary/aromatic N) is 1. The number of halogens is 3. The van der Waals surface area contributed by atoms with Crippen molar-refractivity contribution < 1.29 is 23.4 Å². The van der Waals surface area contributed by atoms with Crippen LogP contribution in [0.1, 0.15) is 29.3 Å². The number of alkyl halides is 3. The molecule has 1 aromatic rings. The molecule has 0 aromatic carbocycles. The second-order valence-corrected chi connectivity index (χ2v) is 3.72. The van der Waals surface area contributed by atoms with Gasteiger partial charge in [-0.15, -0.1) is 0 Å². The SMILES string of the molecule is Cc1ncc(CO)c([C@@H](N)CC(F)(F)F)c1O. The number of hydrogen-bond acceptors (Lipinski definition) is 4. The molecule has 0 amide bonds. The minimum atomic E-state index is -4.43. The summed E-state index contributed by atoms with van der Waals surface area (Å²) in [6, 6.07) is -1.42. The van der Waals surface area contributed by atoms with Crippen molar-refractivity contribution >= 4 is 0 Å². The lowest BCUT2D eigenvalue weighted by molar-refractivity contribution is -0.138. The van der Waals surface area contributed by atoms with Crippen LogP contribution in [-0.2, 0) is 6.61 Å². The van der Waals surface area contributed by atoms with E-state index in [2.05, 4.69) is 4.98 Å². The maximum absolute atomic E-state index is 12.2. The standard InChI is InChI=1S/C10H13F3N2O2/c1-5-9(17)8(6(4-16)3-15-5)7(14)2-10(11,12)13/h3,7,16-17H,2,4,14H2,1H3/t7-/m0/s1. The van der Waals surface area contributed by atoms with E-state index in [1.54, 1.807) is 0 Å². The van der Waals surface area contributed by atoms with Crippen LogP contribution in [0.3, 0.4) is 0 Å². The van der Waals surface area contributed by atoms with E-state index in [0.717, 1.165) is 0 Å². The molecular formula is C10H13F3N2O2. The van der Waals surface area contributed by atoms with Crippen LogP contribution in [0.2, 0.25) is 0 Å². The lowest BCUT2D eigenvalue weighted by Gasteiger charge is -2.19. The third-order valence-corrected chi connectivity index (χ3v) is 2.35. The van der Waals surface area contributed by atoms with Gasteiger partial charge in [-0.05, 0) is 6.92 Å². The fourth-order valence-corrected chi connectivity index (χ4v) is 1.54. The fourth-order valence-electron chi connectivity index (χ4n) is 1.54. The smallest absolute Gasteiger partial charge is 0.390 e. The molecule has 4 N–H and O–H groups in total. The summed E-state index contributed by atoms with van der Waals surface area (Å²) < 4.78 is 36.7. The quantitative estimate of drug-likeness (QED) is 0.760. The number of aryl methyl sites for hydroxylation is 1. The van der Waals surface area contributed by atoms with Gasteiger partial charge in [-0.3, -0.25) is 4.98 Å². The Labute approximate surface area is 95.9 Å². The molecule has 7 heteroatoms. The third-order valence-electron chi connectivity index (χ3n) is 2.35. The Hall–Kier alpha value is -1.34. The zero-order chi connectivity index (χ0) is 13.2. The summed E-state index contributed by atoms with van der Waals surface area (Å²) in [7, 11) is 0. The lowest BCUT2D eigenvalue weighted by Crippen LogP contribution is -2.22. The van der Waals surface area contributed by atoms with E-state index >= 15 is 0 Å². The van der Waals surface area contributed by atoms with Gasteiger partial charge in [0.15, 0.2) is 0 Å². The van der Waals surface area contributed by atoms with Gasteiger partial charge in [0.05, 0.1) is 18.7 Å². The highest BCUT2D eigenvalue weighted by atomic mass is 19.4. The van der Waals surface area contributed by atoms with Gasteiger partial charge in [-0.25, -0.2) is 0 Å². The molecule has 0 saturated heterocycles. The van der Waals surface area contributed by atoms with Crippen LogP contribution in [0.5, 0.6) is 5.75 Å². The van der Waals surface area contributed by atoms with Crippen LogP contribution < -0.4 is 5.73 Å². The molecule has 1 atom stereocenters.